The number of carbonyl (C=O) groups excluding carboxylic acids is 3. The van der Waals surface area contributed by atoms with Crippen molar-refractivity contribution in [3.05, 3.63) is 48.5 Å². The van der Waals surface area contributed by atoms with Gasteiger partial charge in [0.25, 0.3) is 0 Å². The first-order valence-corrected chi connectivity index (χ1v) is 15.0. The quantitative estimate of drug-likeness (QED) is 0.254. The van der Waals surface area contributed by atoms with Crippen LogP contribution in [0.3, 0.4) is 0 Å². The summed E-state index contributed by atoms with van der Waals surface area (Å²) in [5, 5.41) is 8.59. The Kier molecular flexibility index (Phi) is 11.2. The molecule has 7 N–H and O–H groups in total. The molecule has 2 aromatic rings. The summed E-state index contributed by atoms with van der Waals surface area (Å²) >= 11 is 0. The van der Waals surface area contributed by atoms with E-state index in [2.05, 4.69) is 16.0 Å². The summed E-state index contributed by atoms with van der Waals surface area (Å²) in [5.74, 6) is -1.09. The number of amides is 3. The number of likely N-dealkylation sites (tertiary alicyclic amines) is 1. The van der Waals surface area contributed by atoms with E-state index in [1.165, 1.54) is 0 Å². The van der Waals surface area contributed by atoms with E-state index < -0.39 is 25.5 Å². The topological polar surface area (TPSA) is 178 Å². The third-order valence-electron chi connectivity index (χ3n) is 6.76. The number of benzene rings is 2. The van der Waals surface area contributed by atoms with Crippen LogP contribution >= 0.6 is 20.0 Å². The third-order valence-corrected chi connectivity index (χ3v) is 8.96. The summed E-state index contributed by atoms with van der Waals surface area (Å²) in [6, 6.07) is 11.0. The Morgan fingerprint density at radius 3 is 1.78 bits per heavy atom. The molecule has 12 nitrogen and oxygen atoms in total. The second-order valence-corrected chi connectivity index (χ2v) is 12.2. The summed E-state index contributed by atoms with van der Waals surface area (Å²) < 4.78 is 26.7. The Hall–Kier alpha value is -3.15. The molecule has 14 heteroatoms. The van der Waals surface area contributed by atoms with E-state index in [1.807, 2.05) is 0 Å². The van der Waals surface area contributed by atoms with Crippen molar-refractivity contribution < 1.29 is 28.0 Å². The van der Waals surface area contributed by atoms with Gasteiger partial charge < -0.3 is 41.4 Å². The minimum atomic E-state index is -4.02. The fourth-order valence-electron chi connectivity index (χ4n) is 4.58. The van der Waals surface area contributed by atoms with Crippen molar-refractivity contribution in [2.75, 3.05) is 23.7 Å². The third kappa shape index (κ3) is 8.21. The maximum atomic E-state index is 14.6. The number of nitrogens with zero attached hydrogens (tertiary/aromatic N) is 1. The van der Waals surface area contributed by atoms with E-state index in [-0.39, 0.29) is 47.7 Å². The minimum absolute atomic E-state index is 0. The molecule has 0 aromatic heterocycles. The van der Waals surface area contributed by atoms with E-state index in [1.54, 1.807) is 67.3 Å². The summed E-state index contributed by atoms with van der Waals surface area (Å²) in [6.07, 6.45) is 2.72. The zero-order valence-electron chi connectivity index (χ0n) is 23.1. The maximum Gasteiger partial charge on any atom is 0.453 e. The van der Waals surface area contributed by atoms with Gasteiger partial charge in [-0.15, -0.1) is 12.4 Å². The predicted molar refractivity (Wildman–Crippen MR) is 159 cm³/mol. The highest BCUT2D eigenvalue weighted by Gasteiger charge is 2.49. The summed E-state index contributed by atoms with van der Waals surface area (Å²) in [4.78, 5) is 38.8. The van der Waals surface area contributed by atoms with Gasteiger partial charge in [0.1, 0.15) is 11.5 Å². The lowest BCUT2D eigenvalue weighted by atomic mass is 10.2. The molecule has 0 aliphatic carbocycles. The molecule has 2 fully saturated rings. The fraction of sp³-hybridized carbons (Fsp3) is 0.444. The number of nitrogens with two attached hydrogens (primary N) is 2. The Labute approximate surface area is 245 Å². The molecule has 2 aliphatic heterocycles. The van der Waals surface area contributed by atoms with Crippen LogP contribution in [-0.2, 0) is 18.9 Å². The number of halogens is 1. The van der Waals surface area contributed by atoms with Crippen LogP contribution < -0.4 is 36.5 Å². The standard InChI is InChI=1S/C27H37N6O6P.ClH/c1-17(28)25(34)31-19-7-11-21(12-8-19)38-40(37,24-6-4-16-33(24)27(36)23-5-3-15-30-23)39-22-13-9-20(10-14-22)32-26(35)18(2)29;/h7-14,17-18,23-24,30H,3-6,15-16,28-29H2,1-2H3,(H,31,34)(H,32,35);1H/t17-,18+,23?,24?,40?;. The predicted octanol–water partition coefficient (Wildman–Crippen LogP) is 3.03. The molecule has 2 aliphatic rings. The van der Waals surface area contributed by atoms with Crippen molar-refractivity contribution in [2.24, 2.45) is 11.5 Å². The van der Waals surface area contributed by atoms with Crippen LogP contribution in [0.2, 0.25) is 0 Å². The van der Waals surface area contributed by atoms with Gasteiger partial charge in [-0.2, -0.15) is 0 Å². The van der Waals surface area contributed by atoms with Crippen molar-refractivity contribution in [3.63, 3.8) is 0 Å². The molecule has 5 atom stereocenters. The summed E-state index contributed by atoms with van der Waals surface area (Å²) in [6.45, 7) is 4.37. The highest BCUT2D eigenvalue weighted by atomic mass is 35.5. The van der Waals surface area contributed by atoms with Crippen molar-refractivity contribution in [2.45, 2.75) is 63.4 Å². The average molecular weight is 609 g/mol. The van der Waals surface area contributed by atoms with Crippen molar-refractivity contribution in [3.8, 4) is 11.5 Å². The van der Waals surface area contributed by atoms with Crippen molar-refractivity contribution >= 4 is 49.1 Å². The second-order valence-electron chi connectivity index (χ2n) is 10.1. The lowest BCUT2D eigenvalue weighted by Crippen LogP contribution is -2.46. The van der Waals surface area contributed by atoms with Crippen LogP contribution in [0.25, 0.3) is 0 Å². The number of nitrogens with one attached hydrogen (secondary N) is 3. The average Bonchev–Trinajstić information content (AvgIpc) is 3.64. The lowest BCUT2D eigenvalue weighted by molar-refractivity contribution is -0.132. The zero-order chi connectivity index (χ0) is 28.9. The van der Waals surface area contributed by atoms with Gasteiger partial charge >= 0.3 is 7.60 Å². The largest absolute Gasteiger partial charge is 0.453 e. The van der Waals surface area contributed by atoms with Crippen LogP contribution in [0.1, 0.15) is 39.5 Å². The smallest absolute Gasteiger partial charge is 0.415 e. The Balaban J connectivity index is 0.00000462. The lowest BCUT2D eigenvalue weighted by Gasteiger charge is -2.32. The second kappa shape index (κ2) is 14.2. The monoisotopic (exact) mass is 608 g/mol. The van der Waals surface area contributed by atoms with Gasteiger partial charge in [0.15, 0.2) is 5.78 Å². The molecule has 2 aromatic carbocycles. The van der Waals surface area contributed by atoms with Gasteiger partial charge in [-0.1, -0.05) is 0 Å². The molecule has 0 saturated carbocycles. The molecule has 0 radical (unpaired) electrons. The summed E-state index contributed by atoms with van der Waals surface area (Å²) in [5.41, 5.74) is 12.2. The fourth-order valence-corrected chi connectivity index (χ4v) is 6.76. The normalized spacial score (nSPS) is 21.1. The molecular formula is C27H38ClN6O6P. The van der Waals surface area contributed by atoms with Crippen molar-refractivity contribution in [1.29, 1.82) is 0 Å². The van der Waals surface area contributed by atoms with E-state index >= 15 is 0 Å². The van der Waals surface area contributed by atoms with Gasteiger partial charge in [0.2, 0.25) is 17.7 Å². The first-order chi connectivity index (χ1) is 19.1. The molecule has 3 amide bonds. The zero-order valence-corrected chi connectivity index (χ0v) is 24.8. The highest BCUT2D eigenvalue weighted by molar-refractivity contribution is 7.55. The molecule has 2 saturated heterocycles. The highest BCUT2D eigenvalue weighted by Crippen LogP contribution is 2.57. The molecule has 0 bridgehead atoms. The number of anilines is 2. The van der Waals surface area contributed by atoms with Gasteiger partial charge in [-0.3, -0.25) is 14.4 Å². The Bertz CT molecular complexity index is 1180. The number of hydrogen-bond donors (Lipinski definition) is 5. The molecular weight excluding hydrogens is 571 g/mol. The van der Waals surface area contributed by atoms with E-state index in [0.29, 0.717) is 30.8 Å². The Morgan fingerprint density at radius 2 is 1.37 bits per heavy atom. The van der Waals surface area contributed by atoms with Gasteiger partial charge in [0.05, 0.1) is 18.1 Å². The molecule has 41 heavy (non-hydrogen) atoms. The number of hydrogen-bond acceptors (Lipinski definition) is 9. The van der Waals surface area contributed by atoms with Gasteiger partial charge in [0, 0.05) is 17.9 Å². The molecule has 3 unspecified atom stereocenters. The van der Waals surface area contributed by atoms with E-state index in [0.717, 1.165) is 19.4 Å². The van der Waals surface area contributed by atoms with Gasteiger partial charge in [-0.25, -0.2) is 4.57 Å². The molecule has 4 rings (SSSR count). The van der Waals surface area contributed by atoms with E-state index in [9.17, 15) is 18.9 Å². The number of carbonyl (C=O) groups is 3. The maximum absolute atomic E-state index is 14.6. The molecule has 2 heterocycles. The van der Waals surface area contributed by atoms with Crippen LogP contribution in [0, 0.1) is 0 Å². The first-order valence-electron chi connectivity index (χ1n) is 13.4. The SMILES string of the molecule is C[C@H](N)C(=O)Nc1ccc(OP(=O)(Oc2ccc(NC(=O)[C@@H](C)N)cc2)C2CCCN2C(=O)C2CCCN2)cc1.Cl. The van der Waals surface area contributed by atoms with Crippen LogP contribution in [0.15, 0.2) is 48.5 Å². The van der Waals surface area contributed by atoms with Crippen LogP contribution in [-0.4, -0.2) is 59.6 Å². The molecule has 224 valence electrons. The number of rotatable bonds is 10. The van der Waals surface area contributed by atoms with Crippen LogP contribution in [0.5, 0.6) is 11.5 Å². The van der Waals surface area contributed by atoms with Gasteiger partial charge in [-0.05, 0) is 94.6 Å². The van der Waals surface area contributed by atoms with E-state index in [4.69, 9.17) is 20.5 Å². The van der Waals surface area contributed by atoms with Crippen LogP contribution in [0.4, 0.5) is 11.4 Å². The summed E-state index contributed by atoms with van der Waals surface area (Å²) in [7, 11) is -4.02. The van der Waals surface area contributed by atoms with Crippen molar-refractivity contribution in [1.82, 2.24) is 10.2 Å². The molecule has 0 spiro atoms. The minimum Gasteiger partial charge on any atom is -0.415 e. The Morgan fingerprint density at radius 1 is 0.878 bits per heavy atom. The first kappa shape index (κ1) is 32.4.